The van der Waals surface area contributed by atoms with Crippen LogP contribution in [0.1, 0.15) is 50.1 Å². The average Bonchev–Trinajstić information content (AvgIpc) is 3.34. The maximum absolute atomic E-state index is 13.3. The molecule has 0 bridgehead atoms. The van der Waals surface area contributed by atoms with Gasteiger partial charge in [0.1, 0.15) is 0 Å². The zero-order chi connectivity index (χ0) is 17.4. The number of hydrogen-bond donors (Lipinski definition) is 1. The van der Waals surface area contributed by atoms with E-state index in [1.807, 2.05) is 0 Å². The molecule has 2 aliphatic carbocycles. The molecule has 0 radical (unpaired) electrons. The van der Waals surface area contributed by atoms with E-state index in [1.165, 1.54) is 24.2 Å². The number of alkyl halides is 2. The molecule has 8 heteroatoms. The highest BCUT2D eigenvalue weighted by molar-refractivity contribution is 7.13. The van der Waals surface area contributed by atoms with E-state index in [4.69, 9.17) is 4.74 Å². The van der Waals surface area contributed by atoms with E-state index in [0.717, 1.165) is 10.7 Å². The molecule has 0 atom stereocenters. The van der Waals surface area contributed by atoms with Crippen LogP contribution >= 0.6 is 11.3 Å². The van der Waals surface area contributed by atoms with Crippen LogP contribution in [0.3, 0.4) is 0 Å². The van der Waals surface area contributed by atoms with E-state index in [9.17, 15) is 8.78 Å². The van der Waals surface area contributed by atoms with E-state index >= 15 is 0 Å². The van der Waals surface area contributed by atoms with Crippen LogP contribution in [-0.4, -0.2) is 34.0 Å². The third-order valence-electron chi connectivity index (χ3n) is 4.74. The summed E-state index contributed by atoms with van der Waals surface area (Å²) in [5, 5.41) is 6.10. The van der Waals surface area contributed by atoms with Crippen molar-refractivity contribution in [2.45, 2.75) is 56.4 Å². The normalized spacial score (nSPS) is 20.4. The summed E-state index contributed by atoms with van der Waals surface area (Å²) in [4.78, 5) is 13.5. The van der Waals surface area contributed by atoms with E-state index in [2.05, 4.69) is 25.6 Å². The van der Waals surface area contributed by atoms with Crippen LogP contribution in [0.15, 0.2) is 11.6 Å². The SMILES string of the molecule is COc1cnc(-c2nc(C3CC3)cs2)nc1NC1CCC(F)(F)CC1. The molecule has 5 nitrogen and oxygen atoms in total. The van der Waals surface area contributed by atoms with Crippen molar-refractivity contribution in [1.82, 2.24) is 15.0 Å². The second kappa shape index (κ2) is 6.48. The van der Waals surface area contributed by atoms with Crippen molar-refractivity contribution in [2.24, 2.45) is 0 Å². The number of rotatable bonds is 5. The molecule has 0 aromatic carbocycles. The molecule has 2 aromatic heterocycles. The number of anilines is 1. The second-order valence-electron chi connectivity index (χ2n) is 6.74. The molecule has 0 amide bonds. The van der Waals surface area contributed by atoms with Crippen molar-refractivity contribution in [3.63, 3.8) is 0 Å². The first-order chi connectivity index (χ1) is 12.0. The largest absolute Gasteiger partial charge is 0.491 e. The Morgan fingerprint density at radius 2 is 1.96 bits per heavy atom. The first kappa shape index (κ1) is 16.6. The van der Waals surface area contributed by atoms with Crippen LogP contribution in [0, 0.1) is 0 Å². The van der Waals surface area contributed by atoms with Crippen molar-refractivity contribution in [3.8, 4) is 16.6 Å². The summed E-state index contributed by atoms with van der Waals surface area (Å²) in [6, 6.07) is -0.0328. The van der Waals surface area contributed by atoms with Gasteiger partial charge >= 0.3 is 0 Å². The molecule has 2 fully saturated rings. The molecular formula is C17H20F2N4OS. The number of thiazole rings is 1. The minimum atomic E-state index is -2.54. The summed E-state index contributed by atoms with van der Waals surface area (Å²) in [6.07, 6.45) is 4.65. The molecule has 1 N–H and O–H groups in total. The van der Waals surface area contributed by atoms with Crippen LogP contribution in [0.2, 0.25) is 0 Å². The fourth-order valence-corrected chi connectivity index (χ4v) is 3.90. The summed E-state index contributed by atoms with van der Waals surface area (Å²) in [6.45, 7) is 0. The fourth-order valence-electron chi connectivity index (χ4n) is 3.06. The molecule has 0 aliphatic heterocycles. The molecule has 2 saturated carbocycles. The van der Waals surface area contributed by atoms with Crippen molar-refractivity contribution >= 4 is 17.2 Å². The third-order valence-corrected chi connectivity index (χ3v) is 5.60. The Bertz CT molecular complexity index is 753. The third kappa shape index (κ3) is 3.73. The predicted octanol–water partition coefficient (Wildman–Crippen LogP) is 4.48. The highest BCUT2D eigenvalue weighted by Gasteiger charge is 2.35. The predicted molar refractivity (Wildman–Crippen MR) is 92.5 cm³/mol. The van der Waals surface area contributed by atoms with Gasteiger partial charge in [-0.05, 0) is 25.7 Å². The zero-order valence-electron chi connectivity index (χ0n) is 14.0. The Hall–Kier alpha value is -1.83. The molecule has 25 heavy (non-hydrogen) atoms. The molecule has 134 valence electrons. The fraction of sp³-hybridized carbons (Fsp3) is 0.588. The molecule has 2 aromatic rings. The minimum Gasteiger partial charge on any atom is -0.491 e. The first-order valence-corrected chi connectivity index (χ1v) is 9.43. The molecule has 2 heterocycles. The van der Waals surface area contributed by atoms with E-state index < -0.39 is 5.92 Å². The first-order valence-electron chi connectivity index (χ1n) is 8.55. The van der Waals surface area contributed by atoms with E-state index in [1.54, 1.807) is 13.3 Å². The Morgan fingerprint density at radius 1 is 1.20 bits per heavy atom. The van der Waals surface area contributed by atoms with Gasteiger partial charge in [0, 0.05) is 30.2 Å². The smallest absolute Gasteiger partial charge is 0.248 e. The van der Waals surface area contributed by atoms with Crippen LogP contribution < -0.4 is 10.1 Å². The van der Waals surface area contributed by atoms with Crippen LogP contribution in [-0.2, 0) is 0 Å². The molecule has 2 aliphatic rings. The molecule has 4 rings (SSSR count). The Morgan fingerprint density at radius 3 is 2.64 bits per heavy atom. The summed E-state index contributed by atoms with van der Waals surface area (Å²) in [5.74, 6) is -0.351. The van der Waals surface area contributed by atoms with Gasteiger partial charge in [-0.15, -0.1) is 11.3 Å². The molecular weight excluding hydrogens is 346 g/mol. The van der Waals surface area contributed by atoms with Crippen molar-refractivity contribution in [1.29, 1.82) is 0 Å². The Balaban J connectivity index is 1.53. The summed E-state index contributed by atoms with van der Waals surface area (Å²) >= 11 is 1.54. The number of nitrogens with one attached hydrogen (secondary N) is 1. The standard InChI is InChI=1S/C17H20F2N4OS/c1-24-13-8-20-15(16-22-12(9-25-16)10-2-3-10)23-14(13)21-11-4-6-17(18,19)7-5-11/h8-11H,2-7H2,1H3,(H,20,21,23). The van der Waals surface area contributed by atoms with Gasteiger partial charge in [0.05, 0.1) is 19.0 Å². The summed E-state index contributed by atoms with van der Waals surface area (Å²) in [7, 11) is 1.55. The zero-order valence-corrected chi connectivity index (χ0v) is 14.8. The van der Waals surface area contributed by atoms with Crippen molar-refractivity contribution in [2.75, 3.05) is 12.4 Å². The van der Waals surface area contributed by atoms with Gasteiger partial charge in [-0.3, -0.25) is 0 Å². The van der Waals surface area contributed by atoms with E-state index in [-0.39, 0.29) is 18.9 Å². The minimum absolute atomic E-state index is 0.0328. The number of nitrogens with zero attached hydrogens (tertiary/aromatic N) is 3. The van der Waals surface area contributed by atoms with Crippen LogP contribution in [0.25, 0.3) is 10.8 Å². The lowest BCUT2D eigenvalue weighted by atomic mass is 9.92. The highest BCUT2D eigenvalue weighted by atomic mass is 32.1. The van der Waals surface area contributed by atoms with Gasteiger partial charge in [0.2, 0.25) is 5.92 Å². The van der Waals surface area contributed by atoms with Crippen molar-refractivity contribution < 1.29 is 13.5 Å². The second-order valence-corrected chi connectivity index (χ2v) is 7.60. The van der Waals surface area contributed by atoms with Crippen LogP contribution in [0.4, 0.5) is 14.6 Å². The number of methoxy groups -OCH3 is 1. The van der Waals surface area contributed by atoms with Gasteiger partial charge in [-0.25, -0.2) is 23.7 Å². The maximum atomic E-state index is 13.3. The monoisotopic (exact) mass is 366 g/mol. The number of hydrogen-bond acceptors (Lipinski definition) is 6. The lowest BCUT2D eigenvalue weighted by Crippen LogP contribution is -2.32. The van der Waals surface area contributed by atoms with Gasteiger partial charge in [-0.1, -0.05) is 0 Å². The van der Waals surface area contributed by atoms with Gasteiger partial charge in [0.25, 0.3) is 0 Å². The lowest BCUT2D eigenvalue weighted by molar-refractivity contribution is -0.0361. The maximum Gasteiger partial charge on any atom is 0.248 e. The summed E-state index contributed by atoms with van der Waals surface area (Å²) < 4.78 is 32.0. The highest BCUT2D eigenvalue weighted by Crippen LogP contribution is 2.41. The topological polar surface area (TPSA) is 59.9 Å². The van der Waals surface area contributed by atoms with Crippen molar-refractivity contribution in [3.05, 3.63) is 17.3 Å². The molecule has 0 spiro atoms. The number of aromatic nitrogens is 3. The Kier molecular flexibility index (Phi) is 4.31. The van der Waals surface area contributed by atoms with Crippen LogP contribution in [0.5, 0.6) is 5.75 Å². The lowest BCUT2D eigenvalue weighted by Gasteiger charge is -2.29. The number of ether oxygens (including phenoxy) is 1. The molecule has 0 saturated heterocycles. The average molecular weight is 366 g/mol. The van der Waals surface area contributed by atoms with Gasteiger partial charge < -0.3 is 10.1 Å². The quantitative estimate of drug-likeness (QED) is 0.846. The Labute approximate surface area is 148 Å². The summed E-state index contributed by atoms with van der Waals surface area (Å²) in [5.41, 5.74) is 1.11. The molecule has 0 unspecified atom stereocenters. The van der Waals surface area contributed by atoms with Gasteiger partial charge in [0.15, 0.2) is 22.4 Å². The number of halogens is 2. The van der Waals surface area contributed by atoms with E-state index in [0.29, 0.717) is 36.2 Å². The van der Waals surface area contributed by atoms with Gasteiger partial charge in [-0.2, -0.15) is 0 Å².